The molecular weight excluding hydrogens is 901 g/mol. The molecule has 434 valence electrons. The fourth-order valence-electron chi connectivity index (χ4n) is 10.4. The first kappa shape index (κ1) is 71.4. The summed E-state index contributed by atoms with van der Waals surface area (Å²) in [5.74, 6) is 0.927. The average molecular weight is 1030 g/mol. The summed E-state index contributed by atoms with van der Waals surface area (Å²) in [7, 11) is 0. The molecule has 0 aliphatic heterocycles. The van der Waals surface area contributed by atoms with Crippen LogP contribution < -0.4 is 0 Å². The molecule has 2 atom stereocenters. The van der Waals surface area contributed by atoms with Crippen molar-refractivity contribution in [3.63, 3.8) is 0 Å². The molecule has 0 aromatic heterocycles. The van der Waals surface area contributed by atoms with Crippen molar-refractivity contribution in [2.75, 3.05) is 13.2 Å². The highest BCUT2D eigenvalue weighted by Gasteiger charge is 2.19. The monoisotopic (exact) mass is 1030 g/mol. The summed E-state index contributed by atoms with van der Waals surface area (Å²) >= 11 is 0. The third-order valence-corrected chi connectivity index (χ3v) is 15.8. The first-order valence-electron chi connectivity index (χ1n) is 33.3. The number of carbonyl (C=O) groups is 3. The molecule has 73 heavy (non-hydrogen) atoms. The summed E-state index contributed by atoms with van der Waals surface area (Å²) in [6.07, 6.45) is 66.7. The Morgan fingerprint density at radius 1 is 0.288 bits per heavy atom. The van der Waals surface area contributed by atoms with Gasteiger partial charge in [0.05, 0.1) is 0 Å². The van der Waals surface area contributed by atoms with Crippen molar-refractivity contribution >= 4 is 17.9 Å². The smallest absolute Gasteiger partial charge is 0.306 e. The molecule has 0 rings (SSSR count). The van der Waals surface area contributed by atoms with Crippen LogP contribution in [0.3, 0.4) is 0 Å². The van der Waals surface area contributed by atoms with Crippen LogP contribution in [0.25, 0.3) is 0 Å². The number of hydrogen-bond acceptors (Lipinski definition) is 6. The molecule has 0 radical (unpaired) electrons. The van der Waals surface area contributed by atoms with Gasteiger partial charge < -0.3 is 14.2 Å². The van der Waals surface area contributed by atoms with E-state index in [-0.39, 0.29) is 31.1 Å². The summed E-state index contributed by atoms with van der Waals surface area (Å²) in [5.41, 5.74) is 0. The second-order valence-corrected chi connectivity index (χ2v) is 23.8. The predicted molar refractivity (Wildman–Crippen MR) is 316 cm³/mol. The Bertz CT molecular complexity index is 1120. The largest absolute Gasteiger partial charge is 0.462 e. The zero-order valence-corrected chi connectivity index (χ0v) is 50.3. The number of hydrogen-bond donors (Lipinski definition) is 0. The summed E-state index contributed by atoms with van der Waals surface area (Å²) in [6, 6.07) is 0. The van der Waals surface area contributed by atoms with Gasteiger partial charge in [-0.25, -0.2) is 0 Å². The van der Waals surface area contributed by atoms with Gasteiger partial charge in [0.25, 0.3) is 0 Å². The third kappa shape index (κ3) is 59.5. The highest BCUT2D eigenvalue weighted by atomic mass is 16.6. The molecule has 0 amide bonds. The first-order chi connectivity index (χ1) is 35.8. The lowest BCUT2D eigenvalue weighted by atomic mass is 9.99. The maximum absolute atomic E-state index is 12.9. The van der Waals surface area contributed by atoms with E-state index in [0.717, 1.165) is 69.6 Å². The highest BCUT2D eigenvalue weighted by Crippen LogP contribution is 2.20. The van der Waals surface area contributed by atoms with E-state index in [1.165, 1.54) is 270 Å². The lowest BCUT2D eigenvalue weighted by Gasteiger charge is -2.18. The van der Waals surface area contributed by atoms with Gasteiger partial charge in [0.15, 0.2) is 6.10 Å². The van der Waals surface area contributed by atoms with Crippen molar-refractivity contribution in [1.29, 1.82) is 0 Å². The summed E-state index contributed by atoms with van der Waals surface area (Å²) in [4.78, 5) is 38.4. The van der Waals surface area contributed by atoms with E-state index in [9.17, 15) is 14.4 Å². The molecule has 0 saturated heterocycles. The zero-order chi connectivity index (χ0) is 53.2. The number of carbonyl (C=O) groups excluding carboxylic acids is 3. The topological polar surface area (TPSA) is 78.9 Å². The molecule has 0 aromatic rings. The first-order valence-corrected chi connectivity index (χ1v) is 33.3. The Balaban J connectivity index is 4.26. The van der Waals surface area contributed by atoms with Gasteiger partial charge in [-0.3, -0.25) is 14.4 Å². The van der Waals surface area contributed by atoms with Crippen LogP contribution in [0.1, 0.15) is 381 Å². The normalized spacial score (nSPS) is 12.4. The van der Waals surface area contributed by atoms with Crippen LogP contribution in [0.5, 0.6) is 0 Å². The molecule has 6 heteroatoms. The van der Waals surface area contributed by atoms with Crippen molar-refractivity contribution < 1.29 is 28.6 Å². The van der Waals surface area contributed by atoms with Crippen molar-refractivity contribution in [2.45, 2.75) is 387 Å². The SMILES string of the molecule is CCCCCCCCCCCCCCCCCCC(=O)O[C@H](COC(=O)CCCCCCCCCCCCCCCCCCCCC(C)CC)COC(=O)CCCCCCCCCCCCCCCCC(C)C. The minimum atomic E-state index is -0.764. The Hall–Kier alpha value is -1.59. The van der Waals surface area contributed by atoms with Gasteiger partial charge in [-0.05, 0) is 31.1 Å². The standard InChI is InChI=1S/C67H130O6/c1-6-8-9-10-11-12-13-14-15-21-29-34-39-44-49-54-59-67(70)73-64(61-72-66(69)58-53-48-43-38-33-28-24-23-25-30-35-40-45-50-55-62(3)4)60-71-65(68)57-52-47-42-37-32-27-22-19-17-16-18-20-26-31-36-41-46-51-56-63(5)7-2/h62-64H,6-61H2,1-5H3/t63?,64-/m1/s1. The molecule has 0 fully saturated rings. The number of unbranched alkanes of at least 4 members (excludes halogenated alkanes) is 45. The van der Waals surface area contributed by atoms with E-state index in [0.29, 0.717) is 19.3 Å². The van der Waals surface area contributed by atoms with Crippen LogP contribution >= 0.6 is 0 Å². The minimum absolute atomic E-state index is 0.0615. The fraction of sp³-hybridized carbons (Fsp3) is 0.955. The van der Waals surface area contributed by atoms with Crippen LogP contribution in [0.4, 0.5) is 0 Å². The van der Waals surface area contributed by atoms with Gasteiger partial charge in [-0.2, -0.15) is 0 Å². The van der Waals surface area contributed by atoms with E-state index >= 15 is 0 Å². The molecule has 0 spiro atoms. The lowest BCUT2D eigenvalue weighted by Crippen LogP contribution is -2.30. The second-order valence-electron chi connectivity index (χ2n) is 23.8. The molecule has 0 N–H and O–H groups in total. The van der Waals surface area contributed by atoms with Crippen LogP contribution in [0.15, 0.2) is 0 Å². The summed E-state index contributed by atoms with van der Waals surface area (Å²) in [6.45, 7) is 11.5. The highest BCUT2D eigenvalue weighted by molar-refractivity contribution is 5.71. The van der Waals surface area contributed by atoms with Crippen molar-refractivity contribution in [3.8, 4) is 0 Å². The quantitative estimate of drug-likeness (QED) is 0.0343. The molecule has 0 aliphatic carbocycles. The van der Waals surface area contributed by atoms with Crippen LogP contribution in [0.2, 0.25) is 0 Å². The number of ether oxygens (including phenoxy) is 3. The molecule has 0 aromatic carbocycles. The van der Waals surface area contributed by atoms with E-state index in [4.69, 9.17) is 14.2 Å². The van der Waals surface area contributed by atoms with Crippen molar-refractivity contribution in [1.82, 2.24) is 0 Å². The Kier molecular flexibility index (Phi) is 58.4. The molecule has 6 nitrogen and oxygen atoms in total. The number of rotatable bonds is 61. The number of esters is 3. The zero-order valence-electron chi connectivity index (χ0n) is 50.3. The predicted octanol–water partition coefficient (Wildman–Crippen LogP) is 22.4. The third-order valence-electron chi connectivity index (χ3n) is 15.8. The molecule has 0 heterocycles. The molecule has 1 unspecified atom stereocenters. The van der Waals surface area contributed by atoms with E-state index < -0.39 is 6.10 Å². The van der Waals surface area contributed by atoms with Gasteiger partial charge in [0.1, 0.15) is 13.2 Å². The van der Waals surface area contributed by atoms with Gasteiger partial charge >= 0.3 is 17.9 Å². The molecule has 0 bridgehead atoms. The Morgan fingerprint density at radius 3 is 0.781 bits per heavy atom. The van der Waals surface area contributed by atoms with Gasteiger partial charge in [-0.15, -0.1) is 0 Å². The summed E-state index contributed by atoms with van der Waals surface area (Å²) < 4.78 is 17.0. The van der Waals surface area contributed by atoms with Gasteiger partial charge in [-0.1, -0.05) is 343 Å². The Labute approximate surface area is 457 Å². The second kappa shape index (κ2) is 59.7. The van der Waals surface area contributed by atoms with Crippen molar-refractivity contribution in [2.24, 2.45) is 11.8 Å². The molecule has 0 aliphatic rings. The van der Waals surface area contributed by atoms with Gasteiger partial charge in [0.2, 0.25) is 0 Å². The van der Waals surface area contributed by atoms with Gasteiger partial charge in [0, 0.05) is 19.3 Å². The lowest BCUT2D eigenvalue weighted by molar-refractivity contribution is -0.167. The van der Waals surface area contributed by atoms with E-state index in [1.807, 2.05) is 0 Å². The molecule has 0 saturated carbocycles. The Morgan fingerprint density at radius 2 is 0.521 bits per heavy atom. The van der Waals surface area contributed by atoms with Crippen LogP contribution in [-0.4, -0.2) is 37.2 Å². The molecular formula is C67H130O6. The minimum Gasteiger partial charge on any atom is -0.462 e. The van der Waals surface area contributed by atoms with E-state index in [1.54, 1.807) is 0 Å². The maximum atomic E-state index is 12.9. The van der Waals surface area contributed by atoms with Crippen LogP contribution in [0, 0.1) is 11.8 Å². The fourth-order valence-corrected chi connectivity index (χ4v) is 10.4. The van der Waals surface area contributed by atoms with Crippen LogP contribution in [-0.2, 0) is 28.6 Å². The van der Waals surface area contributed by atoms with Crippen molar-refractivity contribution in [3.05, 3.63) is 0 Å². The van der Waals surface area contributed by atoms with E-state index in [2.05, 4.69) is 34.6 Å². The maximum Gasteiger partial charge on any atom is 0.306 e. The average Bonchev–Trinajstić information content (AvgIpc) is 3.38. The summed E-state index contributed by atoms with van der Waals surface area (Å²) in [5, 5.41) is 0.